The zero-order valence-electron chi connectivity index (χ0n) is 13.1. The molecule has 5 rings (SSSR count). The van der Waals surface area contributed by atoms with Gasteiger partial charge < -0.3 is 14.2 Å². The molecule has 0 spiro atoms. The maximum Gasteiger partial charge on any atom is 0.411 e. The summed E-state index contributed by atoms with van der Waals surface area (Å²) in [7, 11) is 1.62. The first-order chi connectivity index (χ1) is 11.2. The van der Waals surface area contributed by atoms with Gasteiger partial charge >= 0.3 is 6.09 Å². The van der Waals surface area contributed by atoms with Crippen LogP contribution in [0.25, 0.3) is 0 Å². The van der Waals surface area contributed by atoms with Crippen LogP contribution in [0.1, 0.15) is 19.3 Å². The molecule has 5 nitrogen and oxygen atoms in total. The normalized spacial score (nSPS) is 42.0. The van der Waals surface area contributed by atoms with E-state index < -0.39 is 0 Å². The van der Waals surface area contributed by atoms with E-state index in [0.717, 1.165) is 29.7 Å². The zero-order valence-corrected chi connectivity index (χ0v) is 13.1. The van der Waals surface area contributed by atoms with Gasteiger partial charge in [0.05, 0.1) is 19.3 Å². The van der Waals surface area contributed by atoms with Crippen molar-refractivity contribution in [2.75, 3.05) is 12.4 Å². The number of hydrogen-bond acceptors (Lipinski definition) is 4. The van der Waals surface area contributed by atoms with Crippen LogP contribution < -0.4 is 10.1 Å². The van der Waals surface area contributed by atoms with Gasteiger partial charge in [0, 0.05) is 5.69 Å². The highest BCUT2D eigenvalue weighted by Crippen LogP contribution is 2.64. The number of ether oxygens (including phenoxy) is 3. The Morgan fingerprint density at radius 2 is 2.00 bits per heavy atom. The Labute approximate surface area is 135 Å². The minimum atomic E-state index is -0.344. The van der Waals surface area contributed by atoms with Gasteiger partial charge in [0.15, 0.2) is 0 Å². The number of fused-ring (bicyclic) bond motifs is 7. The smallest absolute Gasteiger partial charge is 0.411 e. The molecule has 23 heavy (non-hydrogen) atoms. The monoisotopic (exact) mass is 315 g/mol. The molecule has 4 fully saturated rings. The minimum absolute atomic E-state index is 0.0806. The molecule has 1 heterocycles. The van der Waals surface area contributed by atoms with Gasteiger partial charge in [-0.25, -0.2) is 4.79 Å². The van der Waals surface area contributed by atoms with Crippen molar-refractivity contribution in [3.8, 4) is 5.75 Å². The van der Waals surface area contributed by atoms with Crippen molar-refractivity contribution < 1.29 is 19.0 Å². The van der Waals surface area contributed by atoms with Gasteiger partial charge in [0.25, 0.3) is 0 Å². The van der Waals surface area contributed by atoms with E-state index in [1.54, 1.807) is 7.11 Å². The lowest BCUT2D eigenvalue weighted by Crippen LogP contribution is -2.35. The summed E-state index contributed by atoms with van der Waals surface area (Å²) in [5.41, 5.74) is 0.729. The predicted molar refractivity (Wildman–Crippen MR) is 83.4 cm³/mol. The number of nitrogens with one attached hydrogen (secondary N) is 1. The summed E-state index contributed by atoms with van der Waals surface area (Å²) < 4.78 is 16.6. The first-order valence-electron chi connectivity index (χ1n) is 8.50. The van der Waals surface area contributed by atoms with E-state index >= 15 is 0 Å². The summed E-state index contributed by atoms with van der Waals surface area (Å²) in [4.78, 5) is 12.2. The second-order valence-corrected chi connectivity index (χ2v) is 7.31. The van der Waals surface area contributed by atoms with Crippen LogP contribution in [0, 0.1) is 23.7 Å². The average molecular weight is 315 g/mol. The minimum Gasteiger partial charge on any atom is -0.497 e. The summed E-state index contributed by atoms with van der Waals surface area (Å²) in [6, 6.07) is 7.28. The van der Waals surface area contributed by atoms with Crippen molar-refractivity contribution in [2.45, 2.75) is 37.6 Å². The predicted octanol–water partition coefficient (Wildman–Crippen LogP) is 3.06. The van der Waals surface area contributed by atoms with Crippen LogP contribution in [0.4, 0.5) is 10.5 Å². The van der Waals surface area contributed by atoms with Crippen molar-refractivity contribution in [1.29, 1.82) is 0 Å². The topological polar surface area (TPSA) is 60.1 Å². The second kappa shape index (κ2) is 4.87. The van der Waals surface area contributed by atoms with Gasteiger partial charge in [-0.3, -0.25) is 5.32 Å². The molecule has 3 saturated carbocycles. The first kappa shape index (κ1) is 13.7. The fraction of sp³-hybridized carbons (Fsp3) is 0.611. The number of epoxide rings is 1. The highest BCUT2D eigenvalue weighted by atomic mass is 16.6. The number of amides is 1. The molecule has 1 N–H and O–H groups in total. The molecular weight excluding hydrogens is 294 g/mol. The lowest BCUT2D eigenvalue weighted by Gasteiger charge is -2.32. The van der Waals surface area contributed by atoms with Gasteiger partial charge in [-0.05, 0) is 67.2 Å². The molecule has 122 valence electrons. The summed E-state index contributed by atoms with van der Waals surface area (Å²) >= 11 is 0. The standard InChI is InChI=1S/C18H21NO4/c1-21-11-4-2-10(3-5-11)19-18(20)23-14-7-9-6-12(14)13-8-15-17(22-15)16(9)13/h2-5,9,12-17H,6-8H2,1H3,(H,19,20). The second-order valence-electron chi connectivity index (χ2n) is 7.31. The molecule has 3 aliphatic carbocycles. The highest BCUT2D eigenvalue weighted by molar-refractivity contribution is 5.84. The van der Waals surface area contributed by atoms with Crippen molar-refractivity contribution in [3.05, 3.63) is 24.3 Å². The number of anilines is 1. The number of methoxy groups -OCH3 is 1. The molecule has 0 aromatic heterocycles. The van der Waals surface area contributed by atoms with Crippen molar-refractivity contribution in [1.82, 2.24) is 0 Å². The van der Waals surface area contributed by atoms with E-state index in [9.17, 15) is 4.79 Å². The summed E-state index contributed by atoms with van der Waals surface area (Å²) in [5, 5.41) is 2.82. The first-order valence-corrected chi connectivity index (χ1v) is 8.50. The molecule has 7 unspecified atom stereocenters. The number of benzene rings is 1. The lowest BCUT2D eigenvalue weighted by molar-refractivity contribution is 0.0251. The van der Waals surface area contributed by atoms with Gasteiger partial charge in [-0.1, -0.05) is 0 Å². The lowest BCUT2D eigenvalue weighted by atomic mass is 9.79. The molecule has 7 atom stereocenters. The van der Waals surface area contributed by atoms with E-state index in [1.807, 2.05) is 24.3 Å². The van der Waals surface area contributed by atoms with Crippen molar-refractivity contribution in [2.24, 2.45) is 23.7 Å². The maximum atomic E-state index is 12.2. The fourth-order valence-corrected chi connectivity index (χ4v) is 5.36. The third-order valence-electron chi connectivity index (χ3n) is 6.28. The van der Waals surface area contributed by atoms with Crippen LogP contribution in [0.15, 0.2) is 24.3 Å². The Morgan fingerprint density at radius 1 is 1.17 bits per heavy atom. The van der Waals surface area contributed by atoms with Gasteiger partial charge in [-0.15, -0.1) is 0 Å². The van der Waals surface area contributed by atoms with Crippen LogP contribution >= 0.6 is 0 Å². The Morgan fingerprint density at radius 3 is 2.78 bits per heavy atom. The van der Waals surface area contributed by atoms with E-state index in [4.69, 9.17) is 14.2 Å². The van der Waals surface area contributed by atoms with Crippen LogP contribution in [0.5, 0.6) is 5.75 Å². The fourth-order valence-electron chi connectivity index (χ4n) is 5.36. The van der Waals surface area contributed by atoms with Crippen LogP contribution in [0.2, 0.25) is 0 Å². The highest BCUT2D eigenvalue weighted by Gasteiger charge is 2.67. The summed E-state index contributed by atoms with van der Waals surface area (Å²) in [6.45, 7) is 0. The third kappa shape index (κ3) is 2.13. The molecule has 4 aliphatic rings. The van der Waals surface area contributed by atoms with Crippen molar-refractivity contribution >= 4 is 11.8 Å². The Kier molecular flexibility index (Phi) is 2.89. The Hall–Kier alpha value is -1.75. The molecule has 1 aromatic carbocycles. The molecule has 5 heteroatoms. The van der Waals surface area contributed by atoms with Crippen molar-refractivity contribution in [3.63, 3.8) is 0 Å². The van der Waals surface area contributed by atoms with E-state index in [2.05, 4.69) is 5.32 Å². The zero-order chi connectivity index (χ0) is 15.6. The third-order valence-corrected chi connectivity index (χ3v) is 6.28. The quantitative estimate of drug-likeness (QED) is 0.871. The molecule has 0 radical (unpaired) electrons. The molecule has 1 aliphatic heterocycles. The number of rotatable bonds is 3. The van der Waals surface area contributed by atoms with Gasteiger partial charge in [0.1, 0.15) is 11.9 Å². The number of hydrogen-bond donors (Lipinski definition) is 1. The maximum absolute atomic E-state index is 12.2. The van der Waals surface area contributed by atoms with Gasteiger partial charge in [-0.2, -0.15) is 0 Å². The van der Waals surface area contributed by atoms with Crippen LogP contribution in [-0.4, -0.2) is 31.5 Å². The SMILES string of the molecule is COc1ccc(NC(=O)OC2CC3CC2C2CC4OC4C32)cc1. The van der Waals surface area contributed by atoms with E-state index in [1.165, 1.54) is 12.8 Å². The van der Waals surface area contributed by atoms with Gasteiger partial charge in [0.2, 0.25) is 0 Å². The summed E-state index contributed by atoms with van der Waals surface area (Å²) in [6.07, 6.45) is 4.18. The molecular formula is C18H21NO4. The van der Waals surface area contributed by atoms with Crippen LogP contribution in [-0.2, 0) is 9.47 Å². The largest absolute Gasteiger partial charge is 0.497 e. The molecule has 1 amide bonds. The average Bonchev–Trinajstić information content (AvgIpc) is 2.92. The number of carbonyl (C=O) groups excluding carboxylic acids is 1. The molecule has 2 bridgehead atoms. The van der Waals surface area contributed by atoms with Crippen LogP contribution in [0.3, 0.4) is 0 Å². The molecule has 1 aromatic rings. The Balaban J connectivity index is 1.20. The number of carbonyl (C=O) groups is 1. The van der Waals surface area contributed by atoms with E-state index in [-0.39, 0.29) is 12.2 Å². The molecule has 1 saturated heterocycles. The Bertz CT molecular complexity index is 630. The van der Waals surface area contributed by atoms with E-state index in [0.29, 0.717) is 24.0 Å². The summed E-state index contributed by atoms with van der Waals surface area (Å²) in [5.74, 6) is 3.47.